The van der Waals surface area contributed by atoms with Gasteiger partial charge in [-0.15, -0.1) is 0 Å². The van der Waals surface area contributed by atoms with Crippen LogP contribution in [0.15, 0.2) is 46.9 Å². The lowest BCUT2D eigenvalue weighted by Crippen LogP contribution is -2.30. The summed E-state index contributed by atoms with van der Waals surface area (Å²) in [5.41, 5.74) is 0.0697. The number of benzene rings is 2. The number of para-hydroxylation sites is 1. The van der Waals surface area contributed by atoms with Crippen LogP contribution in [0.3, 0.4) is 0 Å². The third kappa shape index (κ3) is 4.35. The smallest absolute Gasteiger partial charge is 0.340 e. The molecule has 0 unspecified atom stereocenters. The zero-order valence-electron chi connectivity index (χ0n) is 12.0. The minimum absolute atomic E-state index is 0.0108. The molecule has 23 heavy (non-hydrogen) atoms. The molecular formula is C16H12BrF2NO3. The van der Waals surface area contributed by atoms with E-state index in [1.54, 1.807) is 6.07 Å². The number of amides is 1. The zero-order chi connectivity index (χ0) is 17.0. The topological polar surface area (TPSA) is 55.4 Å². The van der Waals surface area contributed by atoms with Crippen LogP contribution in [0.25, 0.3) is 0 Å². The van der Waals surface area contributed by atoms with Crippen molar-refractivity contribution in [2.24, 2.45) is 0 Å². The van der Waals surface area contributed by atoms with E-state index in [0.717, 1.165) is 12.1 Å². The van der Waals surface area contributed by atoms with Crippen LogP contribution in [-0.2, 0) is 9.53 Å². The summed E-state index contributed by atoms with van der Waals surface area (Å²) in [6, 6.07) is 9.08. The van der Waals surface area contributed by atoms with E-state index >= 15 is 0 Å². The summed E-state index contributed by atoms with van der Waals surface area (Å²) in [6.07, 6.45) is -1.15. The molecule has 0 heterocycles. The first-order chi connectivity index (χ1) is 10.9. The molecule has 0 aromatic heterocycles. The van der Waals surface area contributed by atoms with Crippen molar-refractivity contribution in [3.63, 3.8) is 0 Å². The number of hydrogen-bond acceptors (Lipinski definition) is 3. The molecule has 0 fully saturated rings. The average Bonchev–Trinajstić information content (AvgIpc) is 2.49. The largest absolute Gasteiger partial charge is 0.449 e. The summed E-state index contributed by atoms with van der Waals surface area (Å²) in [6.45, 7) is 1.35. The Morgan fingerprint density at radius 2 is 1.87 bits per heavy atom. The second kappa shape index (κ2) is 7.32. The first kappa shape index (κ1) is 17.1. The molecule has 0 radical (unpaired) electrons. The Morgan fingerprint density at radius 1 is 1.17 bits per heavy atom. The highest BCUT2D eigenvalue weighted by Gasteiger charge is 2.21. The zero-order valence-corrected chi connectivity index (χ0v) is 13.6. The van der Waals surface area contributed by atoms with E-state index in [4.69, 9.17) is 4.74 Å². The van der Waals surface area contributed by atoms with E-state index in [1.807, 2.05) is 0 Å². The highest BCUT2D eigenvalue weighted by molar-refractivity contribution is 9.10. The lowest BCUT2D eigenvalue weighted by Gasteiger charge is -2.14. The van der Waals surface area contributed by atoms with Gasteiger partial charge >= 0.3 is 5.97 Å². The lowest BCUT2D eigenvalue weighted by atomic mass is 10.2. The van der Waals surface area contributed by atoms with Gasteiger partial charge in [-0.3, -0.25) is 4.79 Å². The summed E-state index contributed by atoms with van der Waals surface area (Å²) < 4.78 is 31.7. The summed E-state index contributed by atoms with van der Waals surface area (Å²) >= 11 is 3.05. The van der Waals surface area contributed by atoms with Crippen LogP contribution in [0.5, 0.6) is 0 Å². The number of rotatable bonds is 4. The summed E-state index contributed by atoms with van der Waals surface area (Å²) in [5, 5.41) is 2.33. The van der Waals surface area contributed by atoms with Gasteiger partial charge in [0.2, 0.25) is 0 Å². The van der Waals surface area contributed by atoms with Crippen molar-refractivity contribution < 1.29 is 23.1 Å². The number of halogens is 3. The van der Waals surface area contributed by atoms with E-state index in [1.165, 1.54) is 31.2 Å². The van der Waals surface area contributed by atoms with E-state index < -0.39 is 29.6 Å². The fraction of sp³-hybridized carbons (Fsp3) is 0.125. The number of carbonyl (C=O) groups excluding carboxylic acids is 2. The Balaban J connectivity index is 2.03. The van der Waals surface area contributed by atoms with Crippen LogP contribution in [0.2, 0.25) is 0 Å². The fourth-order valence-electron chi connectivity index (χ4n) is 1.73. The number of esters is 1. The van der Waals surface area contributed by atoms with Crippen molar-refractivity contribution in [3.8, 4) is 0 Å². The normalized spacial score (nSPS) is 11.7. The summed E-state index contributed by atoms with van der Waals surface area (Å²) in [7, 11) is 0. The van der Waals surface area contributed by atoms with Gasteiger partial charge in [0.1, 0.15) is 11.6 Å². The maximum atomic E-state index is 13.5. The molecule has 0 bridgehead atoms. The first-order valence-electron chi connectivity index (χ1n) is 6.60. The van der Waals surface area contributed by atoms with Crippen molar-refractivity contribution in [1.29, 1.82) is 0 Å². The molecule has 7 heteroatoms. The molecule has 2 rings (SSSR count). The Labute approximate surface area is 139 Å². The minimum atomic E-state index is -1.15. The molecular weight excluding hydrogens is 372 g/mol. The molecule has 0 spiro atoms. The standard InChI is InChI=1S/C16H12BrF2NO3/c1-9(15(21)20-14-5-3-2-4-13(14)19)23-16(22)11-7-6-10(18)8-12(11)17/h2-9H,1H3,(H,20,21)/t9-/m1/s1. The summed E-state index contributed by atoms with van der Waals surface area (Å²) in [4.78, 5) is 23.9. The first-order valence-corrected chi connectivity index (χ1v) is 7.39. The molecule has 0 aliphatic heterocycles. The second-order valence-corrected chi connectivity index (χ2v) is 5.50. The molecule has 4 nitrogen and oxygen atoms in total. The molecule has 1 amide bonds. The predicted octanol–water partition coefficient (Wildman–Crippen LogP) is 3.91. The van der Waals surface area contributed by atoms with Gasteiger partial charge in [-0.25, -0.2) is 13.6 Å². The SMILES string of the molecule is C[C@@H](OC(=O)c1ccc(F)cc1Br)C(=O)Nc1ccccc1F. The maximum absolute atomic E-state index is 13.5. The lowest BCUT2D eigenvalue weighted by molar-refractivity contribution is -0.123. The van der Waals surface area contributed by atoms with Crippen LogP contribution >= 0.6 is 15.9 Å². The van der Waals surface area contributed by atoms with Gasteiger partial charge in [-0.1, -0.05) is 12.1 Å². The van der Waals surface area contributed by atoms with Crippen LogP contribution in [0.1, 0.15) is 17.3 Å². The Kier molecular flexibility index (Phi) is 5.44. The van der Waals surface area contributed by atoms with Crippen LogP contribution in [-0.4, -0.2) is 18.0 Å². The Morgan fingerprint density at radius 3 is 2.52 bits per heavy atom. The number of carbonyl (C=O) groups is 2. The third-order valence-corrected chi connectivity index (χ3v) is 3.59. The van der Waals surface area contributed by atoms with Crippen molar-refractivity contribution in [1.82, 2.24) is 0 Å². The average molecular weight is 384 g/mol. The van der Waals surface area contributed by atoms with Crippen LogP contribution in [0.4, 0.5) is 14.5 Å². The van der Waals surface area contributed by atoms with Crippen LogP contribution in [0, 0.1) is 11.6 Å². The quantitative estimate of drug-likeness (QED) is 0.814. The van der Waals surface area contributed by atoms with Gasteiger partial charge in [0, 0.05) is 4.47 Å². The second-order valence-electron chi connectivity index (χ2n) is 4.64. The molecule has 0 aliphatic rings. The highest BCUT2D eigenvalue weighted by atomic mass is 79.9. The van der Waals surface area contributed by atoms with Gasteiger partial charge in [0.05, 0.1) is 11.3 Å². The van der Waals surface area contributed by atoms with E-state index in [0.29, 0.717) is 0 Å². The summed E-state index contributed by atoms with van der Waals surface area (Å²) in [5.74, 6) is -2.59. The predicted molar refractivity (Wildman–Crippen MR) is 84.0 cm³/mol. The fourth-order valence-corrected chi connectivity index (χ4v) is 2.24. The van der Waals surface area contributed by atoms with Crippen molar-refractivity contribution in [3.05, 3.63) is 64.1 Å². The van der Waals surface area contributed by atoms with E-state index in [-0.39, 0.29) is 15.7 Å². The highest BCUT2D eigenvalue weighted by Crippen LogP contribution is 2.20. The molecule has 2 aromatic rings. The van der Waals surface area contributed by atoms with Gasteiger partial charge < -0.3 is 10.1 Å². The number of hydrogen-bond donors (Lipinski definition) is 1. The molecule has 0 saturated heterocycles. The van der Waals surface area contributed by atoms with E-state index in [9.17, 15) is 18.4 Å². The molecule has 1 N–H and O–H groups in total. The van der Waals surface area contributed by atoms with Gasteiger partial charge in [0.15, 0.2) is 6.10 Å². The minimum Gasteiger partial charge on any atom is -0.449 e. The number of nitrogens with one attached hydrogen (secondary N) is 1. The van der Waals surface area contributed by atoms with Crippen molar-refractivity contribution in [2.45, 2.75) is 13.0 Å². The maximum Gasteiger partial charge on any atom is 0.340 e. The molecule has 1 atom stereocenters. The van der Waals surface area contributed by atoms with Gasteiger partial charge in [-0.05, 0) is 53.2 Å². The molecule has 0 saturated carbocycles. The molecule has 0 aliphatic carbocycles. The molecule has 120 valence electrons. The van der Waals surface area contributed by atoms with E-state index in [2.05, 4.69) is 21.2 Å². The number of ether oxygens (including phenoxy) is 1. The van der Waals surface area contributed by atoms with Crippen molar-refractivity contribution >= 4 is 33.5 Å². The Bertz CT molecular complexity index is 752. The monoisotopic (exact) mass is 383 g/mol. The van der Waals surface area contributed by atoms with Gasteiger partial charge in [-0.2, -0.15) is 0 Å². The Hall–Kier alpha value is -2.28. The third-order valence-electron chi connectivity index (χ3n) is 2.94. The van der Waals surface area contributed by atoms with Crippen molar-refractivity contribution in [2.75, 3.05) is 5.32 Å². The van der Waals surface area contributed by atoms with Gasteiger partial charge in [0.25, 0.3) is 5.91 Å². The van der Waals surface area contributed by atoms with Crippen LogP contribution < -0.4 is 5.32 Å². The molecule has 2 aromatic carbocycles. The number of anilines is 1.